The number of rotatable bonds is 5. The van der Waals surface area contributed by atoms with Gasteiger partial charge >= 0.3 is 12.0 Å². The Bertz CT molecular complexity index is 500. The molecule has 1 aromatic carbocycles. The van der Waals surface area contributed by atoms with Crippen LogP contribution in [0.25, 0.3) is 0 Å². The standard InChI is InChI=1S/C14H20N2O4/c1-14(2,12(17)18)16(3)13(19)15-9-10-7-5-6-8-11(10)20-4/h5-8H,9H2,1-4H3,(H,15,19)(H,17,18). The monoisotopic (exact) mass is 280 g/mol. The van der Waals surface area contributed by atoms with Crippen LogP contribution in [0.15, 0.2) is 24.3 Å². The molecular formula is C14H20N2O4. The minimum Gasteiger partial charge on any atom is -0.496 e. The molecule has 0 bridgehead atoms. The second-order valence-corrected chi connectivity index (χ2v) is 4.89. The number of methoxy groups -OCH3 is 1. The smallest absolute Gasteiger partial charge is 0.329 e. The summed E-state index contributed by atoms with van der Waals surface area (Å²) in [5.41, 5.74) is -0.449. The van der Waals surface area contributed by atoms with Gasteiger partial charge in [-0.3, -0.25) is 0 Å². The summed E-state index contributed by atoms with van der Waals surface area (Å²) >= 11 is 0. The van der Waals surface area contributed by atoms with E-state index in [1.165, 1.54) is 20.9 Å². The molecule has 2 amide bonds. The van der Waals surface area contributed by atoms with E-state index in [1.54, 1.807) is 13.2 Å². The first kappa shape index (κ1) is 15.8. The van der Waals surface area contributed by atoms with Gasteiger partial charge in [-0.2, -0.15) is 0 Å². The van der Waals surface area contributed by atoms with E-state index in [9.17, 15) is 9.59 Å². The minimum atomic E-state index is -1.27. The molecule has 110 valence electrons. The van der Waals surface area contributed by atoms with E-state index in [0.29, 0.717) is 5.75 Å². The molecule has 0 atom stereocenters. The third kappa shape index (κ3) is 3.40. The Morgan fingerprint density at radius 3 is 2.50 bits per heavy atom. The fourth-order valence-electron chi connectivity index (χ4n) is 1.54. The molecule has 0 saturated heterocycles. The Hall–Kier alpha value is -2.24. The molecule has 0 aliphatic rings. The summed E-state index contributed by atoms with van der Waals surface area (Å²) in [5.74, 6) is -0.389. The van der Waals surface area contributed by atoms with Gasteiger partial charge in [0.05, 0.1) is 7.11 Å². The average Bonchev–Trinajstić information content (AvgIpc) is 2.43. The Morgan fingerprint density at radius 2 is 1.95 bits per heavy atom. The maximum atomic E-state index is 12.0. The molecule has 1 rings (SSSR count). The number of amides is 2. The number of carbonyl (C=O) groups is 2. The van der Waals surface area contributed by atoms with Gasteiger partial charge in [0.15, 0.2) is 0 Å². The van der Waals surface area contributed by atoms with Gasteiger partial charge in [-0.15, -0.1) is 0 Å². The molecule has 0 fully saturated rings. The molecule has 0 aromatic heterocycles. The largest absolute Gasteiger partial charge is 0.496 e. The van der Waals surface area contributed by atoms with Crippen LogP contribution in [0.5, 0.6) is 5.75 Å². The molecule has 6 heteroatoms. The van der Waals surface area contributed by atoms with Crippen molar-refractivity contribution in [3.63, 3.8) is 0 Å². The Kier molecular flexibility index (Phi) is 4.96. The summed E-state index contributed by atoms with van der Waals surface area (Å²) in [4.78, 5) is 24.2. The number of hydrogen-bond acceptors (Lipinski definition) is 3. The van der Waals surface area contributed by atoms with Crippen LogP contribution in [-0.4, -0.2) is 41.7 Å². The van der Waals surface area contributed by atoms with Crippen molar-refractivity contribution < 1.29 is 19.4 Å². The number of urea groups is 1. The van der Waals surface area contributed by atoms with Crippen LogP contribution in [0.3, 0.4) is 0 Å². The van der Waals surface area contributed by atoms with E-state index in [2.05, 4.69) is 5.32 Å². The fourth-order valence-corrected chi connectivity index (χ4v) is 1.54. The zero-order valence-electron chi connectivity index (χ0n) is 12.1. The molecule has 0 aliphatic heterocycles. The van der Waals surface area contributed by atoms with E-state index in [1.807, 2.05) is 18.2 Å². The number of likely N-dealkylation sites (N-methyl/N-ethyl adjacent to an activating group) is 1. The van der Waals surface area contributed by atoms with Crippen LogP contribution in [0, 0.1) is 0 Å². The van der Waals surface area contributed by atoms with Gasteiger partial charge in [-0.1, -0.05) is 18.2 Å². The summed E-state index contributed by atoms with van der Waals surface area (Å²) in [6.45, 7) is 3.21. The lowest BCUT2D eigenvalue weighted by molar-refractivity contribution is -0.146. The Balaban J connectivity index is 2.70. The average molecular weight is 280 g/mol. The maximum absolute atomic E-state index is 12.0. The molecule has 0 spiro atoms. The molecule has 1 aromatic rings. The lowest BCUT2D eigenvalue weighted by Crippen LogP contribution is -2.53. The number of aliphatic carboxylic acids is 1. The summed E-state index contributed by atoms with van der Waals surface area (Å²) in [6, 6.07) is 6.86. The zero-order valence-corrected chi connectivity index (χ0v) is 12.1. The first-order valence-corrected chi connectivity index (χ1v) is 6.17. The second-order valence-electron chi connectivity index (χ2n) is 4.89. The third-order valence-corrected chi connectivity index (χ3v) is 3.29. The van der Waals surface area contributed by atoms with Crippen molar-refractivity contribution >= 4 is 12.0 Å². The molecule has 0 heterocycles. The van der Waals surface area contributed by atoms with Gasteiger partial charge in [-0.25, -0.2) is 9.59 Å². The molecular weight excluding hydrogens is 260 g/mol. The number of nitrogens with one attached hydrogen (secondary N) is 1. The van der Waals surface area contributed by atoms with E-state index >= 15 is 0 Å². The fraction of sp³-hybridized carbons (Fsp3) is 0.429. The number of carbonyl (C=O) groups excluding carboxylic acids is 1. The van der Waals surface area contributed by atoms with Crippen LogP contribution in [-0.2, 0) is 11.3 Å². The highest BCUT2D eigenvalue weighted by Gasteiger charge is 2.35. The number of ether oxygens (including phenoxy) is 1. The first-order valence-electron chi connectivity index (χ1n) is 6.17. The molecule has 0 aliphatic carbocycles. The SMILES string of the molecule is COc1ccccc1CNC(=O)N(C)C(C)(C)C(=O)O. The molecule has 0 radical (unpaired) electrons. The highest BCUT2D eigenvalue weighted by Crippen LogP contribution is 2.17. The van der Waals surface area contributed by atoms with Gasteiger partial charge in [0.1, 0.15) is 11.3 Å². The van der Waals surface area contributed by atoms with Crippen molar-refractivity contribution in [1.29, 1.82) is 0 Å². The van der Waals surface area contributed by atoms with Crippen LogP contribution in [0.4, 0.5) is 4.79 Å². The van der Waals surface area contributed by atoms with Crippen LogP contribution in [0.1, 0.15) is 19.4 Å². The van der Waals surface area contributed by atoms with Gasteiger partial charge in [0.25, 0.3) is 0 Å². The van der Waals surface area contributed by atoms with Crippen molar-refractivity contribution in [3.05, 3.63) is 29.8 Å². The zero-order chi connectivity index (χ0) is 15.3. The summed E-state index contributed by atoms with van der Waals surface area (Å²) in [7, 11) is 3.01. The Morgan fingerprint density at radius 1 is 1.35 bits per heavy atom. The highest BCUT2D eigenvalue weighted by molar-refractivity contribution is 5.85. The minimum absolute atomic E-state index is 0.267. The first-order chi connectivity index (χ1) is 9.30. The quantitative estimate of drug-likeness (QED) is 0.860. The summed E-state index contributed by atoms with van der Waals surface area (Å²) in [6.07, 6.45) is 0. The Labute approximate surface area is 118 Å². The topological polar surface area (TPSA) is 78.9 Å². The van der Waals surface area contributed by atoms with Crippen molar-refractivity contribution in [2.45, 2.75) is 25.9 Å². The third-order valence-electron chi connectivity index (χ3n) is 3.29. The van der Waals surface area contributed by atoms with E-state index < -0.39 is 17.5 Å². The predicted octanol–water partition coefficient (Wildman–Crippen LogP) is 1.70. The maximum Gasteiger partial charge on any atom is 0.329 e. The van der Waals surface area contributed by atoms with Gasteiger partial charge in [0.2, 0.25) is 0 Å². The number of carboxylic acid groups (broad SMARTS) is 1. The number of carboxylic acids is 1. The lowest BCUT2D eigenvalue weighted by atomic mass is 10.1. The molecule has 0 saturated carbocycles. The number of hydrogen-bond donors (Lipinski definition) is 2. The van der Waals surface area contributed by atoms with Crippen LogP contribution < -0.4 is 10.1 Å². The van der Waals surface area contributed by atoms with Gasteiger partial charge in [-0.05, 0) is 19.9 Å². The van der Waals surface area contributed by atoms with Crippen LogP contribution >= 0.6 is 0 Å². The predicted molar refractivity (Wildman–Crippen MR) is 74.7 cm³/mol. The molecule has 6 nitrogen and oxygen atoms in total. The highest BCUT2D eigenvalue weighted by atomic mass is 16.5. The summed E-state index contributed by atoms with van der Waals surface area (Å²) < 4.78 is 5.18. The van der Waals surface area contributed by atoms with Crippen molar-refractivity contribution in [1.82, 2.24) is 10.2 Å². The number of nitrogens with zero attached hydrogens (tertiary/aromatic N) is 1. The second kappa shape index (κ2) is 6.27. The van der Waals surface area contributed by atoms with Crippen molar-refractivity contribution in [2.24, 2.45) is 0 Å². The number of benzene rings is 1. The van der Waals surface area contributed by atoms with Crippen molar-refractivity contribution in [3.8, 4) is 5.75 Å². The summed E-state index contributed by atoms with van der Waals surface area (Å²) in [5, 5.41) is 11.8. The molecule has 2 N–H and O–H groups in total. The van der Waals surface area contributed by atoms with E-state index in [0.717, 1.165) is 10.5 Å². The molecule has 0 unspecified atom stereocenters. The van der Waals surface area contributed by atoms with Crippen molar-refractivity contribution in [2.75, 3.05) is 14.2 Å². The van der Waals surface area contributed by atoms with E-state index in [4.69, 9.17) is 9.84 Å². The number of para-hydroxylation sites is 1. The molecule has 20 heavy (non-hydrogen) atoms. The normalized spacial score (nSPS) is 10.8. The lowest BCUT2D eigenvalue weighted by Gasteiger charge is -2.31. The van der Waals surface area contributed by atoms with E-state index in [-0.39, 0.29) is 6.54 Å². The van der Waals surface area contributed by atoms with Crippen LogP contribution in [0.2, 0.25) is 0 Å². The van der Waals surface area contributed by atoms with Gasteiger partial charge in [0, 0.05) is 19.2 Å². The van der Waals surface area contributed by atoms with Gasteiger partial charge < -0.3 is 20.1 Å².